The van der Waals surface area contributed by atoms with Gasteiger partial charge in [-0.05, 0) is 19.1 Å². The molecule has 8 heteroatoms. The van der Waals surface area contributed by atoms with Gasteiger partial charge in [0.15, 0.2) is 5.13 Å². The van der Waals surface area contributed by atoms with Gasteiger partial charge in [-0.15, -0.1) is 11.3 Å². The molecule has 1 aliphatic rings. The summed E-state index contributed by atoms with van der Waals surface area (Å²) in [4.78, 5) is 17.5. The number of nitrogens with zero attached hydrogens (tertiary/aromatic N) is 2. The minimum atomic E-state index is -3.20. The molecule has 1 N–H and O–H groups in total. The number of hydrogen-bond acceptors (Lipinski definition) is 5. The third-order valence-electron chi connectivity index (χ3n) is 3.71. The van der Waals surface area contributed by atoms with E-state index in [1.54, 1.807) is 31.2 Å². The number of anilines is 1. The number of amides is 1. The fourth-order valence-corrected chi connectivity index (χ4v) is 4.57. The normalized spacial score (nSPS) is 15.2. The van der Waals surface area contributed by atoms with E-state index >= 15 is 0 Å². The zero-order chi connectivity index (χ0) is 16.4. The van der Waals surface area contributed by atoms with E-state index in [-0.39, 0.29) is 11.7 Å². The molecule has 3 rings (SSSR count). The van der Waals surface area contributed by atoms with E-state index in [4.69, 9.17) is 0 Å². The van der Waals surface area contributed by atoms with Gasteiger partial charge in [-0.1, -0.05) is 18.2 Å². The monoisotopic (exact) mass is 351 g/mol. The molecule has 0 unspecified atom stereocenters. The number of aromatic nitrogens is 1. The van der Waals surface area contributed by atoms with E-state index in [9.17, 15) is 13.2 Å². The molecule has 0 fully saturated rings. The van der Waals surface area contributed by atoms with Crippen LogP contribution in [-0.2, 0) is 23.0 Å². The third kappa shape index (κ3) is 3.44. The Bertz CT molecular complexity index is 816. The molecule has 1 aliphatic heterocycles. The minimum Gasteiger partial charge on any atom is -0.298 e. The number of sulfonamides is 1. The molecule has 0 atom stereocenters. The summed E-state index contributed by atoms with van der Waals surface area (Å²) < 4.78 is 25.4. The highest BCUT2D eigenvalue weighted by Gasteiger charge is 2.28. The summed E-state index contributed by atoms with van der Waals surface area (Å²) in [6, 6.07) is 8.92. The summed E-state index contributed by atoms with van der Waals surface area (Å²) in [5.41, 5.74) is 1.44. The maximum Gasteiger partial charge on any atom is 0.257 e. The van der Waals surface area contributed by atoms with Gasteiger partial charge in [0, 0.05) is 30.0 Å². The van der Waals surface area contributed by atoms with Crippen LogP contribution in [0.4, 0.5) is 5.13 Å². The van der Waals surface area contributed by atoms with Gasteiger partial charge in [-0.2, -0.15) is 4.31 Å². The molecule has 1 amide bonds. The smallest absolute Gasteiger partial charge is 0.257 e. The fraction of sp³-hybridized carbons (Fsp3) is 0.333. The van der Waals surface area contributed by atoms with Crippen molar-refractivity contribution in [2.75, 3.05) is 17.6 Å². The van der Waals surface area contributed by atoms with E-state index in [1.807, 2.05) is 6.07 Å². The van der Waals surface area contributed by atoms with E-state index in [0.717, 1.165) is 10.6 Å². The van der Waals surface area contributed by atoms with Crippen LogP contribution in [-0.4, -0.2) is 35.9 Å². The van der Waals surface area contributed by atoms with Gasteiger partial charge in [-0.3, -0.25) is 10.1 Å². The molecule has 0 bridgehead atoms. The molecule has 1 aromatic heterocycles. The van der Waals surface area contributed by atoms with Crippen LogP contribution < -0.4 is 5.32 Å². The van der Waals surface area contributed by atoms with Gasteiger partial charge >= 0.3 is 0 Å². The largest absolute Gasteiger partial charge is 0.298 e. The molecule has 2 aromatic rings. The van der Waals surface area contributed by atoms with Crippen LogP contribution in [0.1, 0.15) is 27.9 Å². The van der Waals surface area contributed by atoms with Crippen molar-refractivity contribution in [2.24, 2.45) is 0 Å². The predicted octanol–water partition coefficient (Wildman–Crippen LogP) is 2.10. The molecule has 0 aliphatic carbocycles. The number of carbonyl (C=O) groups is 1. The first-order chi connectivity index (χ1) is 11.0. The second-order valence-corrected chi connectivity index (χ2v) is 8.53. The highest BCUT2D eigenvalue weighted by molar-refractivity contribution is 7.89. The van der Waals surface area contributed by atoms with E-state index < -0.39 is 10.0 Å². The maximum atomic E-state index is 12.1. The van der Waals surface area contributed by atoms with E-state index in [2.05, 4.69) is 10.3 Å². The summed E-state index contributed by atoms with van der Waals surface area (Å²) in [5.74, 6) is -0.117. The Morgan fingerprint density at radius 3 is 2.78 bits per heavy atom. The number of fused-ring (bicyclic) bond motifs is 1. The maximum absolute atomic E-state index is 12.1. The quantitative estimate of drug-likeness (QED) is 0.915. The minimum absolute atomic E-state index is 0.0960. The molecule has 0 saturated heterocycles. The van der Waals surface area contributed by atoms with Gasteiger partial charge in [0.25, 0.3) is 5.91 Å². The van der Waals surface area contributed by atoms with Gasteiger partial charge in [-0.25, -0.2) is 13.4 Å². The second kappa shape index (κ2) is 6.38. The Balaban J connectivity index is 1.75. The van der Waals surface area contributed by atoms with Crippen molar-refractivity contribution in [3.8, 4) is 0 Å². The zero-order valence-corrected chi connectivity index (χ0v) is 14.3. The number of hydrogen-bond donors (Lipinski definition) is 1. The highest BCUT2D eigenvalue weighted by atomic mass is 32.2. The lowest BCUT2D eigenvalue weighted by Crippen LogP contribution is -2.36. The van der Waals surface area contributed by atoms with Crippen LogP contribution in [0, 0.1) is 0 Å². The van der Waals surface area contributed by atoms with Crippen LogP contribution in [0.3, 0.4) is 0 Å². The zero-order valence-electron chi connectivity index (χ0n) is 12.7. The molecule has 6 nitrogen and oxygen atoms in total. The van der Waals surface area contributed by atoms with Gasteiger partial charge in [0.1, 0.15) is 0 Å². The molecule has 122 valence electrons. The number of rotatable bonds is 4. The standard InChI is InChI=1S/C15H17N3O3S2/c1-2-23(20,21)18-9-8-12-13(10-18)22-15(16-12)17-14(19)11-6-4-3-5-7-11/h3-7H,2,8-10H2,1H3,(H,16,17,19). The lowest BCUT2D eigenvalue weighted by molar-refractivity contribution is 0.102. The highest BCUT2D eigenvalue weighted by Crippen LogP contribution is 2.29. The van der Waals surface area contributed by atoms with Crippen molar-refractivity contribution in [2.45, 2.75) is 19.9 Å². The molecule has 0 spiro atoms. The number of nitrogens with one attached hydrogen (secondary N) is 1. The van der Waals surface area contributed by atoms with Gasteiger partial charge in [0.05, 0.1) is 11.4 Å². The van der Waals surface area contributed by atoms with E-state index in [1.165, 1.54) is 15.6 Å². The van der Waals surface area contributed by atoms with Crippen LogP contribution in [0.5, 0.6) is 0 Å². The van der Waals surface area contributed by atoms with Crippen LogP contribution in [0.25, 0.3) is 0 Å². The lowest BCUT2D eigenvalue weighted by Gasteiger charge is -2.24. The SMILES string of the molecule is CCS(=O)(=O)N1CCc2nc(NC(=O)c3ccccc3)sc2C1. The predicted molar refractivity (Wildman–Crippen MR) is 90.1 cm³/mol. The van der Waals surface area contributed by atoms with Crippen LogP contribution in [0.2, 0.25) is 0 Å². The lowest BCUT2D eigenvalue weighted by atomic mass is 10.2. The first-order valence-electron chi connectivity index (χ1n) is 7.32. The van der Waals surface area contributed by atoms with Crippen LogP contribution >= 0.6 is 11.3 Å². The molecule has 0 radical (unpaired) electrons. The van der Waals surface area contributed by atoms with E-state index in [0.29, 0.717) is 30.2 Å². The van der Waals surface area contributed by atoms with Crippen molar-refractivity contribution in [1.29, 1.82) is 0 Å². The Morgan fingerprint density at radius 1 is 1.35 bits per heavy atom. The molecule has 23 heavy (non-hydrogen) atoms. The molecular weight excluding hydrogens is 334 g/mol. The van der Waals surface area contributed by atoms with Gasteiger partial charge in [0.2, 0.25) is 10.0 Å². The van der Waals surface area contributed by atoms with Crippen molar-refractivity contribution in [3.63, 3.8) is 0 Å². The average Bonchev–Trinajstić information content (AvgIpc) is 2.96. The molecule has 1 aromatic carbocycles. The summed E-state index contributed by atoms with van der Waals surface area (Å²) >= 11 is 1.34. The number of benzene rings is 1. The summed E-state index contributed by atoms with van der Waals surface area (Å²) in [6.45, 7) is 2.42. The Hall–Kier alpha value is -1.77. The molecular formula is C15H17N3O3S2. The van der Waals surface area contributed by atoms with Crippen molar-refractivity contribution in [3.05, 3.63) is 46.5 Å². The number of carbonyl (C=O) groups excluding carboxylic acids is 1. The molecule has 2 heterocycles. The Morgan fingerprint density at radius 2 is 2.09 bits per heavy atom. The summed E-state index contributed by atoms with van der Waals surface area (Å²) in [7, 11) is -3.20. The second-order valence-electron chi connectivity index (χ2n) is 5.19. The van der Waals surface area contributed by atoms with Crippen molar-refractivity contribution in [1.82, 2.24) is 9.29 Å². The first kappa shape index (κ1) is 16.1. The summed E-state index contributed by atoms with van der Waals surface area (Å²) in [6.07, 6.45) is 0.576. The van der Waals surface area contributed by atoms with Gasteiger partial charge < -0.3 is 0 Å². The fourth-order valence-electron chi connectivity index (χ4n) is 2.40. The average molecular weight is 351 g/mol. The third-order valence-corrected chi connectivity index (χ3v) is 6.54. The first-order valence-corrected chi connectivity index (χ1v) is 9.75. The van der Waals surface area contributed by atoms with Crippen LogP contribution in [0.15, 0.2) is 30.3 Å². The Kier molecular flexibility index (Phi) is 4.47. The van der Waals surface area contributed by atoms with Crippen molar-refractivity contribution >= 4 is 32.4 Å². The van der Waals surface area contributed by atoms with Crippen molar-refractivity contribution < 1.29 is 13.2 Å². The topological polar surface area (TPSA) is 79.4 Å². The Labute approximate surface area is 139 Å². The molecule has 0 saturated carbocycles. The number of thiazole rings is 1. The summed E-state index contributed by atoms with van der Waals surface area (Å²) in [5, 5.41) is 3.30.